The molecule has 1 aliphatic heterocycles. The first-order valence-corrected chi connectivity index (χ1v) is 10.1. The van der Waals surface area contributed by atoms with Crippen LogP contribution in [0.4, 0.5) is 5.69 Å². The van der Waals surface area contributed by atoms with Gasteiger partial charge in [-0.3, -0.25) is 4.79 Å². The molecule has 0 aliphatic carbocycles. The normalized spacial score (nSPS) is 13.7. The van der Waals surface area contributed by atoms with Crippen LogP contribution >= 0.6 is 0 Å². The largest absolute Gasteiger partial charge is 0.493 e. The van der Waals surface area contributed by atoms with Crippen LogP contribution in [0.5, 0.6) is 23.0 Å². The summed E-state index contributed by atoms with van der Waals surface area (Å²) in [5.74, 6) is 2.60. The Morgan fingerprint density at radius 2 is 1.53 bits per heavy atom. The molecule has 0 aromatic heterocycles. The topological polar surface area (TPSA) is 60.5 Å². The third-order valence-corrected chi connectivity index (χ3v) is 5.22. The van der Waals surface area contributed by atoms with Crippen LogP contribution in [0.3, 0.4) is 0 Å². The first-order chi connectivity index (χ1) is 14.6. The Bertz CT molecular complexity index is 837. The number of anilines is 1. The van der Waals surface area contributed by atoms with Gasteiger partial charge in [0, 0.05) is 26.2 Å². The van der Waals surface area contributed by atoms with Gasteiger partial charge in [0.05, 0.1) is 40.0 Å². The smallest absolute Gasteiger partial charge is 0.227 e. The van der Waals surface area contributed by atoms with Crippen LogP contribution in [0, 0.1) is 0 Å². The Balaban J connectivity index is 1.65. The van der Waals surface area contributed by atoms with Crippen LogP contribution in [-0.2, 0) is 11.2 Å². The van der Waals surface area contributed by atoms with Crippen molar-refractivity contribution in [2.45, 2.75) is 13.3 Å². The maximum atomic E-state index is 12.9. The Hall–Kier alpha value is -3.09. The van der Waals surface area contributed by atoms with E-state index < -0.39 is 0 Å². The van der Waals surface area contributed by atoms with Gasteiger partial charge in [-0.1, -0.05) is 12.1 Å². The Morgan fingerprint density at radius 3 is 2.10 bits per heavy atom. The number of rotatable bonds is 8. The van der Waals surface area contributed by atoms with Crippen LogP contribution < -0.4 is 23.8 Å². The minimum absolute atomic E-state index is 0.0852. The Kier molecular flexibility index (Phi) is 7.27. The summed E-state index contributed by atoms with van der Waals surface area (Å²) in [5, 5.41) is 0. The number of piperazine rings is 1. The van der Waals surface area contributed by atoms with Gasteiger partial charge in [0.15, 0.2) is 11.5 Å². The molecule has 0 atom stereocenters. The van der Waals surface area contributed by atoms with Crippen molar-refractivity contribution in [3.63, 3.8) is 0 Å². The maximum Gasteiger partial charge on any atom is 0.227 e. The number of amides is 1. The summed E-state index contributed by atoms with van der Waals surface area (Å²) < 4.78 is 21.9. The van der Waals surface area contributed by atoms with E-state index in [1.807, 2.05) is 42.2 Å². The van der Waals surface area contributed by atoms with Crippen LogP contribution in [0.2, 0.25) is 0 Å². The fourth-order valence-electron chi connectivity index (χ4n) is 3.72. The zero-order valence-corrected chi connectivity index (χ0v) is 18.1. The van der Waals surface area contributed by atoms with Gasteiger partial charge in [-0.05, 0) is 36.8 Å². The van der Waals surface area contributed by atoms with E-state index in [0.717, 1.165) is 30.1 Å². The van der Waals surface area contributed by atoms with E-state index in [1.54, 1.807) is 21.3 Å². The van der Waals surface area contributed by atoms with Gasteiger partial charge in [0.1, 0.15) is 5.75 Å². The molecule has 1 heterocycles. The SMILES string of the molecule is CCOc1ccccc1N1CCN(C(=O)Cc2cc(OC)c(OC)c(OC)c2)CC1. The second kappa shape index (κ2) is 10.1. The average Bonchev–Trinajstić information content (AvgIpc) is 2.79. The van der Waals surface area contributed by atoms with Crippen LogP contribution in [0.15, 0.2) is 36.4 Å². The number of carbonyl (C=O) groups excluding carboxylic acids is 1. The summed E-state index contributed by atoms with van der Waals surface area (Å²) >= 11 is 0. The molecule has 2 aromatic carbocycles. The summed E-state index contributed by atoms with van der Waals surface area (Å²) in [7, 11) is 4.71. The Labute approximate surface area is 178 Å². The lowest BCUT2D eigenvalue weighted by molar-refractivity contribution is -0.130. The standard InChI is InChI=1S/C23H30N2O5/c1-5-30-19-9-7-6-8-18(19)24-10-12-25(13-11-24)22(26)16-17-14-20(27-2)23(29-4)21(15-17)28-3/h6-9,14-15H,5,10-13,16H2,1-4H3. The van der Waals surface area contributed by atoms with E-state index in [4.69, 9.17) is 18.9 Å². The average molecular weight is 415 g/mol. The molecule has 30 heavy (non-hydrogen) atoms. The fraction of sp³-hybridized carbons (Fsp3) is 0.435. The van der Waals surface area contributed by atoms with Gasteiger partial charge in [-0.25, -0.2) is 0 Å². The summed E-state index contributed by atoms with van der Waals surface area (Å²) in [6.07, 6.45) is 0.284. The quantitative estimate of drug-likeness (QED) is 0.662. The molecule has 0 radical (unpaired) electrons. The van der Waals surface area contributed by atoms with E-state index >= 15 is 0 Å². The van der Waals surface area contributed by atoms with E-state index in [0.29, 0.717) is 36.9 Å². The molecule has 2 aromatic rings. The predicted octanol–water partition coefficient (Wildman–Crippen LogP) is 3.00. The molecule has 0 spiro atoms. The summed E-state index contributed by atoms with van der Waals surface area (Å²) in [5.41, 5.74) is 1.91. The highest BCUT2D eigenvalue weighted by Crippen LogP contribution is 2.38. The third-order valence-electron chi connectivity index (χ3n) is 5.22. The van der Waals surface area contributed by atoms with Crippen LogP contribution in [0.1, 0.15) is 12.5 Å². The van der Waals surface area contributed by atoms with Crippen molar-refractivity contribution >= 4 is 11.6 Å². The van der Waals surface area contributed by atoms with Crippen LogP contribution in [-0.4, -0.2) is 64.9 Å². The van der Waals surface area contributed by atoms with E-state index in [1.165, 1.54) is 0 Å². The Morgan fingerprint density at radius 1 is 0.900 bits per heavy atom. The molecule has 7 nitrogen and oxygen atoms in total. The number of carbonyl (C=O) groups is 1. The molecule has 0 saturated carbocycles. The molecule has 162 valence electrons. The number of benzene rings is 2. The molecular weight excluding hydrogens is 384 g/mol. The molecule has 1 aliphatic rings. The van der Waals surface area contributed by atoms with Crippen molar-refractivity contribution in [2.75, 3.05) is 59.0 Å². The minimum Gasteiger partial charge on any atom is -0.493 e. The monoisotopic (exact) mass is 414 g/mol. The first kappa shape index (κ1) is 21.6. The summed E-state index contributed by atoms with van der Waals surface area (Å²) in [6.45, 7) is 5.49. The van der Waals surface area contributed by atoms with Gasteiger partial charge in [-0.15, -0.1) is 0 Å². The number of ether oxygens (including phenoxy) is 4. The number of methoxy groups -OCH3 is 3. The van der Waals surface area contributed by atoms with Gasteiger partial charge in [-0.2, -0.15) is 0 Å². The van der Waals surface area contributed by atoms with Gasteiger partial charge < -0.3 is 28.7 Å². The third kappa shape index (κ3) is 4.72. The maximum absolute atomic E-state index is 12.9. The van der Waals surface area contributed by atoms with E-state index in [9.17, 15) is 4.79 Å². The number of para-hydroxylation sites is 2. The highest BCUT2D eigenvalue weighted by atomic mass is 16.5. The first-order valence-electron chi connectivity index (χ1n) is 10.1. The van der Waals surface area contributed by atoms with Crippen molar-refractivity contribution in [1.82, 2.24) is 4.90 Å². The number of nitrogens with zero attached hydrogens (tertiary/aromatic N) is 2. The van der Waals surface area contributed by atoms with Crippen molar-refractivity contribution in [2.24, 2.45) is 0 Å². The molecule has 1 saturated heterocycles. The van der Waals surface area contributed by atoms with Crippen molar-refractivity contribution in [3.8, 4) is 23.0 Å². The highest BCUT2D eigenvalue weighted by molar-refractivity contribution is 5.80. The number of hydrogen-bond donors (Lipinski definition) is 0. The molecule has 0 bridgehead atoms. The van der Waals surface area contributed by atoms with E-state index in [2.05, 4.69) is 11.0 Å². The molecule has 3 rings (SSSR count). The highest BCUT2D eigenvalue weighted by Gasteiger charge is 2.24. The molecule has 1 amide bonds. The summed E-state index contributed by atoms with van der Waals surface area (Å²) in [4.78, 5) is 17.1. The lowest BCUT2D eigenvalue weighted by Crippen LogP contribution is -2.49. The molecule has 1 fully saturated rings. The van der Waals surface area contributed by atoms with Gasteiger partial charge in [0.2, 0.25) is 11.7 Å². The van der Waals surface area contributed by atoms with E-state index in [-0.39, 0.29) is 12.3 Å². The minimum atomic E-state index is 0.0852. The zero-order chi connectivity index (χ0) is 21.5. The lowest BCUT2D eigenvalue weighted by Gasteiger charge is -2.36. The summed E-state index contributed by atoms with van der Waals surface area (Å²) in [6, 6.07) is 11.7. The van der Waals surface area contributed by atoms with Gasteiger partial charge >= 0.3 is 0 Å². The molecule has 0 N–H and O–H groups in total. The zero-order valence-electron chi connectivity index (χ0n) is 18.1. The fourth-order valence-corrected chi connectivity index (χ4v) is 3.72. The van der Waals surface area contributed by atoms with Crippen LogP contribution in [0.25, 0.3) is 0 Å². The predicted molar refractivity (Wildman–Crippen MR) is 116 cm³/mol. The van der Waals surface area contributed by atoms with Gasteiger partial charge in [0.25, 0.3) is 0 Å². The molecule has 0 unspecified atom stereocenters. The second-order valence-electron chi connectivity index (χ2n) is 6.98. The van der Waals surface area contributed by atoms with Crippen molar-refractivity contribution in [3.05, 3.63) is 42.0 Å². The molecular formula is C23H30N2O5. The molecule has 7 heteroatoms. The number of hydrogen-bond acceptors (Lipinski definition) is 6. The second-order valence-corrected chi connectivity index (χ2v) is 6.98. The lowest BCUT2D eigenvalue weighted by atomic mass is 10.1. The van der Waals surface area contributed by atoms with Crippen molar-refractivity contribution < 1.29 is 23.7 Å². The van der Waals surface area contributed by atoms with Crippen molar-refractivity contribution in [1.29, 1.82) is 0 Å².